The Morgan fingerprint density at radius 2 is 1.96 bits per heavy atom. The molecule has 27 heavy (non-hydrogen) atoms. The van der Waals surface area contributed by atoms with E-state index in [2.05, 4.69) is 10.4 Å². The SMILES string of the molecule is CCN(CC)C(=O)CNC(=O)c1cc2c(C)nn(-c3ccccc3Cl)c2s1. The van der Waals surface area contributed by atoms with Crippen molar-refractivity contribution in [3.8, 4) is 5.69 Å². The Morgan fingerprint density at radius 1 is 1.26 bits per heavy atom. The van der Waals surface area contributed by atoms with Gasteiger partial charge in [-0.15, -0.1) is 11.3 Å². The van der Waals surface area contributed by atoms with Crippen molar-refractivity contribution in [1.29, 1.82) is 0 Å². The lowest BCUT2D eigenvalue weighted by Gasteiger charge is -2.18. The Labute approximate surface area is 166 Å². The summed E-state index contributed by atoms with van der Waals surface area (Å²) in [5.74, 6) is -0.352. The van der Waals surface area contributed by atoms with Gasteiger partial charge in [0.25, 0.3) is 5.91 Å². The van der Waals surface area contributed by atoms with Crippen molar-refractivity contribution in [3.05, 3.63) is 45.9 Å². The summed E-state index contributed by atoms with van der Waals surface area (Å²) in [6, 6.07) is 9.26. The van der Waals surface area contributed by atoms with Gasteiger partial charge in [0.2, 0.25) is 5.91 Å². The van der Waals surface area contributed by atoms with Crippen molar-refractivity contribution in [3.63, 3.8) is 0 Å². The first kappa shape index (κ1) is 19.4. The minimum atomic E-state index is -0.262. The lowest BCUT2D eigenvalue weighted by molar-refractivity contribution is -0.129. The predicted octanol–water partition coefficient (Wildman–Crippen LogP) is 3.65. The fourth-order valence-electron chi connectivity index (χ4n) is 2.88. The molecule has 0 aliphatic carbocycles. The second kappa shape index (κ2) is 8.10. The lowest BCUT2D eigenvalue weighted by atomic mass is 10.3. The van der Waals surface area contributed by atoms with Crippen LogP contribution in [0.2, 0.25) is 5.02 Å². The zero-order valence-corrected chi connectivity index (χ0v) is 17.0. The number of hydrogen-bond donors (Lipinski definition) is 1. The zero-order chi connectivity index (χ0) is 19.6. The molecule has 0 aliphatic heterocycles. The molecule has 142 valence electrons. The van der Waals surface area contributed by atoms with E-state index in [-0.39, 0.29) is 18.4 Å². The van der Waals surface area contributed by atoms with Crippen LogP contribution in [-0.4, -0.2) is 46.1 Å². The molecule has 1 aromatic carbocycles. The molecule has 2 heterocycles. The van der Waals surface area contributed by atoms with Gasteiger partial charge in [0.15, 0.2) is 0 Å². The molecule has 0 saturated heterocycles. The quantitative estimate of drug-likeness (QED) is 0.681. The second-order valence-electron chi connectivity index (χ2n) is 6.03. The van der Waals surface area contributed by atoms with Crippen molar-refractivity contribution in [2.75, 3.05) is 19.6 Å². The number of amides is 2. The molecule has 0 aliphatic rings. The summed E-state index contributed by atoms with van der Waals surface area (Å²) in [5, 5.41) is 8.76. The van der Waals surface area contributed by atoms with Gasteiger partial charge in [-0.05, 0) is 39.0 Å². The summed E-state index contributed by atoms with van der Waals surface area (Å²) in [4.78, 5) is 27.7. The number of likely N-dealkylation sites (N-methyl/N-ethyl adjacent to an activating group) is 1. The van der Waals surface area contributed by atoms with Crippen LogP contribution < -0.4 is 5.32 Å². The van der Waals surface area contributed by atoms with E-state index in [4.69, 9.17) is 11.6 Å². The Kier molecular flexibility index (Phi) is 5.82. The van der Waals surface area contributed by atoms with Gasteiger partial charge in [0.1, 0.15) is 4.83 Å². The fraction of sp³-hybridized carbons (Fsp3) is 0.316. The molecule has 8 heteroatoms. The van der Waals surface area contributed by atoms with E-state index in [1.165, 1.54) is 11.3 Å². The van der Waals surface area contributed by atoms with E-state index in [1.807, 2.05) is 45.0 Å². The maximum atomic E-state index is 12.5. The van der Waals surface area contributed by atoms with Crippen molar-refractivity contribution >= 4 is 45.0 Å². The van der Waals surface area contributed by atoms with Gasteiger partial charge in [-0.25, -0.2) is 4.68 Å². The highest BCUT2D eigenvalue weighted by atomic mass is 35.5. The first-order valence-corrected chi connectivity index (χ1v) is 9.95. The molecule has 0 saturated carbocycles. The second-order valence-corrected chi connectivity index (χ2v) is 7.46. The highest BCUT2D eigenvalue weighted by Gasteiger charge is 2.19. The van der Waals surface area contributed by atoms with Gasteiger partial charge >= 0.3 is 0 Å². The number of nitrogens with zero attached hydrogens (tertiary/aromatic N) is 3. The van der Waals surface area contributed by atoms with Crippen LogP contribution in [0.5, 0.6) is 0 Å². The van der Waals surface area contributed by atoms with Crippen LogP contribution in [0.1, 0.15) is 29.2 Å². The maximum Gasteiger partial charge on any atom is 0.261 e. The molecule has 0 spiro atoms. The van der Waals surface area contributed by atoms with Gasteiger partial charge < -0.3 is 10.2 Å². The van der Waals surface area contributed by atoms with E-state index in [1.54, 1.807) is 15.6 Å². The molecule has 0 fully saturated rings. The summed E-state index contributed by atoms with van der Waals surface area (Å²) in [6.45, 7) is 6.97. The van der Waals surface area contributed by atoms with E-state index in [9.17, 15) is 9.59 Å². The van der Waals surface area contributed by atoms with Crippen LogP contribution in [0.4, 0.5) is 0 Å². The van der Waals surface area contributed by atoms with Crippen molar-refractivity contribution < 1.29 is 9.59 Å². The standard InChI is InChI=1S/C19H21ClN4O2S/c1-4-23(5-2)17(25)11-21-18(26)16-10-13-12(3)22-24(19(13)27-16)15-9-7-6-8-14(15)20/h6-10H,4-5,11H2,1-3H3,(H,21,26). The number of hydrogen-bond acceptors (Lipinski definition) is 4. The monoisotopic (exact) mass is 404 g/mol. The smallest absolute Gasteiger partial charge is 0.261 e. The number of thiophene rings is 1. The molecule has 0 atom stereocenters. The van der Waals surface area contributed by atoms with Crippen molar-refractivity contribution in [2.24, 2.45) is 0 Å². The van der Waals surface area contributed by atoms with Gasteiger partial charge in [-0.1, -0.05) is 23.7 Å². The third-order valence-corrected chi connectivity index (χ3v) is 5.79. The molecule has 0 radical (unpaired) electrons. The normalized spacial score (nSPS) is 11.0. The summed E-state index contributed by atoms with van der Waals surface area (Å²) in [6.07, 6.45) is 0. The molecule has 0 unspecified atom stereocenters. The fourth-order valence-corrected chi connectivity index (χ4v) is 4.18. The van der Waals surface area contributed by atoms with Gasteiger partial charge in [-0.2, -0.15) is 5.10 Å². The molecule has 2 aromatic heterocycles. The third-order valence-electron chi connectivity index (χ3n) is 4.37. The number of aromatic nitrogens is 2. The Hall–Kier alpha value is -2.38. The van der Waals surface area contributed by atoms with Gasteiger partial charge in [-0.3, -0.25) is 9.59 Å². The topological polar surface area (TPSA) is 67.2 Å². The van der Waals surface area contributed by atoms with E-state index < -0.39 is 0 Å². The highest BCUT2D eigenvalue weighted by Crippen LogP contribution is 2.32. The average Bonchev–Trinajstić information content (AvgIpc) is 3.22. The number of para-hydroxylation sites is 1. The van der Waals surface area contributed by atoms with Crippen molar-refractivity contribution in [2.45, 2.75) is 20.8 Å². The van der Waals surface area contributed by atoms with Gasteiger partial charge in [0, 0.05) is 18.5 Å². The molecular formula is C19H21ClN4O2S. The summed E-state index contributed by atoms with van der Waals surface area (Å²) >= 11 is 7.63. The van der Waals surface area contributed by atoms with Crippen LogP contribution in [0.25, 0.3) is 15.9 Å². The number of carbonyl (C=O) groups is 2. The van der Waals surface area contributed by atoms with E-state index >= 15 is 0 Å². The molecule has 3 rings (SSSR count). The number of rotatable bonds is 6. The van der Waals surface area contributed by atoms with Gasteiger partial charge in [0.05, 0.1) is 27.8 Å². The number of aryl methyl sites for hydroxylation is 1. The summed E-state index contributed by atoms with van der Waals surface area (Å²) < 4.78 is 1.76. The lowest BCUT2D eigenvalue weighted by Crippen LogP contribution is -2.39. The molecule has 3 aromatic rings. The average molecular weight is 405 g/mol. The van der Waals surface area contributed by atoms with E-state index in [0.29, 0.717) is 23.0 Å². The number of benzene rings is 1. The van der Waals surface area contributed by atoms with E-state index in [0.717, 1.165) is 21.6 Å². The molecule has 2 amide bonds. The third kappa shape index (κ3) is 3.84. The van der Waals surface area contributed by atoms with Crippen LogP contribution in [0.15, 0.2) is 30.3 Å². The predicted molar refractivity (Wildman–Crippen MR) is 109 cm³/mol. The highest BCUT2D eigenvalue weighted by molar-refractivity contribution is 7.20. The Balaban J connectivity index is 1.85. The zero-order valence-electron chi connectivity index (χ0n) is 15.5. The number of carbonyl (C=O) groups excluding carboxylic acids is 2. The van der Waals surface area contributed by atoms with Crippen LogP contribution >= 0.6 is 22.9 Å². The first-order valence-electron chi connectivity index (χ1n) is 8.76. The van der Waals surface area contributed by atoms with Crippen molar-refractivity contribution in [1.82, 2.24) is 20.0 Å². The molecule has 0 bridgehead atoms. The Morgan fingerprint density at radius 3 is 2.63 bits per heavy atom. The largest absolute Gasteiger partial charge is 0.342 e. The molecule has 1 N–H and O–H groups in total. The summed E-state index contributed by atoms with van der Waals surface area (Å²) in [7, 11) is 0. The number of fused-ring (bicyclic) bond motifs is 1. The first-order chi connectivity index (χ1) is 13.0. The van der Waals surface area contributed by atoms with Crippen LogP contribution in [0, 0.1) is 6.92 Å². The summed E-state index contributed by atoms with van der Waals surface area (Å²) in [5.41, 5.74) is 1.59. The Bertz CT molecular complexity index is 991. The minimum Gasteiger partial charge on any atom is -0.342 e. The minimum absolute atomic E-state index is 0.00954. The number of nitrogens with one attached hydrogen (secondary N) is 1. The van der Waals surface area contributed by atoms with Crippen LogP contribution in [0.3, 0.4) is 0 Å². The maximum absolute atomic E-state index is 12.5. The molecular weight excluding hydrogens is 384 g/mol. The molecule has 6 nitrogen and oxygen atoms in total. The van der Waals surface area contributed by atoms with Crippen LogP contribution in [-0.2, 0) is 4.79 Å². The number of halogens is 1.